The number of hydrogen-bond donors (Lipinski definition) is 1. The van der Waals surface area contributed by atoms with Crippen LogP contribution in [0, 0.1) is 0 Å². The second kappa shape index (κ2) is 5.21. The number of rotatable bonds is 3. The molecule has 40 valence electrons. The van der Waals surface area contributed by atoms with E-state index in [0.717, 1.165) is 12.8 Å². The van der Waals surface area contributed by atoms with E-state index in [1.807, 2.05) is 0 Å². The van der Waals surface area contributed by atoms with Gasteiger partial charge in [-0.25, -0.2) is 0 Å². The first kappa shape index (κ1) is 6.21. The smallest absolute Gasteiger partial charge is 0.0439 e. The van der Waals surface area contributed by atoms with Crippen molar-refractivity contribution in [3.63, 3.8) is 0 Å². The van der Waals surface area contributed by atoms with Crippen molar-refractivity contribution in [1.82, 2.24) is 0 Å². The summed E-state index contributed by atoms with van der Waals surface area (Å²) in [4.78, 5) is 0. The van der Waals surface area contributed by atoms with Gasteiger partial charge in [0, 0.05) is 6.21 Å². The number of hydrogen-bond acceptors (Lipinski definition) is 2. The van der Waals surface area contributed by atoms with Gasteiger partial charge in [-0.1, -0.05) is 6.08 Å². The Morgan fingerprint density at radius 3 is 2.71 bits per heavy atom. The van der Waals surface area contributed by atoms with Gasteiger partial charge in [0.05, 0.1) is 0 Å². The van der Waals surface area contributed by atoms with Crippen LogP contribution in [0.4, 0.5) is 0 Å². The molecule has 0 saturated carbocycles. The van der Waals surface area contributed by atoms with Gasteiger partial charge in [-0.05, 0) is 12.8 Å². The highest BCUT2D eigenvalue weighted by molar-refractivity contribution is 5.56. The van der Waals surface area contributed by atoms with Crippen LogP contribution >= 0.6 is 0 Å². The fourth-order valence-corrected chi connectivity index (χ4v) is 0.250. The molecule has 0 saturated heterocycles. The Bertz CT molecular complexity index is 68.5. The first-order valence-electron chi connectivity index (χ1n) is 2.18. The van der Waals surface area contributed by atoms with Crippen molar-refractivity contribution in [1.29, 1.82) is 0 Å². The maximum absolute atomic E-state index is 7.83. The first-order chi connectivity index (χ1) is 3.41. The predicted octanol–water partition coefficient (Wildman–Crippen LogP) is 1.41. The molecule has 1 N–H and O–H groups in total. The highest BCUT2D eigenvalue weighted by Gasteiger charge is 1.70. The van der Waals surface area contributed by atoms with Crippen LogP contribution in [0.15, 0.2) is 17.8 Å². The molecule has 0 rings (SSSR count). The Balaban J connectivity index is 2.82. The Kier molecular flexibility index (Phi) is 4.62. The van der Waals surface area contributed by atoms with Crippen molar-refractivity contribution in [2.75, 3.05) is 0 Å². The van der Waals surface area contributed by atoms with E-state index in [4.69, 9.17) is 5.21 Å². The topological polar surface area (TPSA) is 32.6 Å². The summed E-state index contributed by atoms with van der Waals surface area (Å²) < 4.78 is 0. The molecule has 0 aromatic rings. The molecular formula is C5H9NO. The zero-order valence-corrected chi connectivity index (χ0v) is 4.17. The van der Waals surface area contributed by atoms with Gasteiger partial charge in [0.1, 0.15) is 0 Å². The van der Waals surface area contributed by atoms with Gasteiger partial charge in [-0.3, -0.25) is 0 Å². The van der Waals surface area contributed by atoms with Crippen molar-refractivity contribution in [3.8, 4) is 0 Å². The van der Waals surface area contributed by atoms with E-state index >= 15 is 0 Å². The second-order valence-electron chi connectivity index (χ2n) is 1.16. The van der Waals surface area contributed by atoms with Crippen molar-refractivity contribution in [2.24, 2.45) is 5.16 Å². The molecule has 0 aliphatic rings. The molecule has 0 amide bonds. The van der Waals surface area contributed by atoms with Crippen molar-refractivity contribution < 1.29 is 5.21 Å². The van der Waals surface area contributed by atoms with Crippen molar-refractivity contribution in [2.45, 2.75) is 12.8 Å². The van der Waals surface area contributed by atoms with E-state index in [9.17, 15) is 0 Å². The van der Waals surface area contributed by atoms with Crippen LogP contribution in [0.1, 0.15) is 12.8 Å². The van der Waals surface area contributed by atoms with Crippen LogP contribution < -0.4 is 0 Å². The molecule has 0 radical (unpaired) electrons. The van der Waals surface area contributed by atoms with Crippen LogP contribution in [0.2, 0.25) is 0 Å². The Hall–Kier alpha value is -0.790. The number of unbranched alkanes of at least 4 members (excludes halogenated alkanes) is 1. The Labute approximate surface area is 43.2 Å². The SMILES string of the molecule is C=CCC/C=N/O. The van der Waals surface area contributed by atoms with Gasteiger partial charge < -0.3 is 5.21 Å². The molecule has 0 aliphatic carbocycles. The number of allylic oxidation sites excluding steroid dienone is 1. The molecule has 7 heavy (non-hydrogen) atoms. The standard InChI is InChI=1S/C5H9NO/c1-2-3-4-5-6-7/h2,5,7H,1,3-4H2/b6-5+. The Morgan fingerprint density at radius 2 is 2.29 bits per heavy atom. The molecule has 2 nitrogen and oxygen atoms in total. The fourth-order valence-electron chi connectivity index (χ4n) is 0.250. The Morgan fingerprint density at radius 1 is 1.57 bits per heavy atom. The monoisotopic (exact) mass is 99.1 g/mol. The average Bonchev–Trinajstić information content (AvgIpc) is 1.69. The molecular weight excluding hydrogens is 90.1 g/mol. The fraction of sp³-hybridized carbons (Fsp3) is 0.400. The van der Waals surface area contributed by atoms with Gasteiger partial charge in [-0.2, -0.15) is 0 Å². The van der Waals surface area contributed by atoms with E-state index in [-0.39, 0.29) is 0 Å². The van der Waals surface area contributed by atoms with Gasteiger partial charge in [0.25, 0.3) is 0 Å². The summed E-state index contributed by atoms with van der Waals surface area (Å²) in [6.07, 6.45) is 4.88. The third-order valence-corrected chi connectivity index (χ3v) is 0.582. The molecule has 0 atom stereocenters. The van der Waals surface area contributed by atoms with E-state index in [1.165, 1.54) is 6.21 Å². The lowest BCUT2D eigenvalue weighted by Gasteiger charge is -1.77. The maximum Gasteiger partial charge on any atom is 0.0439 e. The molecule has 0 aromatic carbocycles. The molecule has 2 heteroatoms. The van der Waals surface area contributed by atoms with E-state index in [2.05, 4.69) is 11.7 Å². The lowest BCUT2D eigenvalue weighted by molar-refractivity contribution is 0.320. The molecule has 0 unspecified atom stereocenters. The average molecular weight is 99.1 g/mol. The predicted molar refractivity (Wildman–Crippen MR) is 29.7 cm³/mol. The van der Waals surface area contributed by atoms with Crippen LogP contribution in [-0.2, 0) is 0 Å². The summed E-state index contributed by atoms with van der Waals surface area (Å²) in [5.74, 6) is 0. The van der Waals surface area contributed by atoms with Crippen molar-refractivity contribution in [3.05, 3.63) is 12.7 Å². The summed E-state index contributed by atoms with van der Waals surface area (Å²) in [5, 5.41) is 10.6. The second-order valence-corrected chi connectivity index (χ2v) is 1.16. The summed E-state index contributed by atoms with van der Waals surface area (Å²) in [6.45, 7) is 3.49. The van der Waals surface area contributed by atoms with Gasteiger partial charge in [0.15, 0.2) is 0 Å². The zero-order chi connectivity index (χ0) is 5.54. The molecule has 0 bridgehead atoms. The van der Waals surface area contributed by atoms with Crippen molar-refractivity contribution >= 4 is 6.21 Å². The van der Waals surface area contributed by atoms with Crippen LogP contribution in [-0.4, -0.2) is 11.4 Å². The maximum atomic E-state index is 7.83. The quantitative estimate of drug-likeness (QED) is 0.187. The first-order valence-corrected chi connectivity index (χ1v) is 2.18. The number of nitrogens with zero attached hydrogens (tertiary/aromatic N) is 1. The minimum atomic E-state index is 0.778. The van der Waals surface area contributed by atoms with Crippen LogP contribution in [0.5, 0.6) is 0 Å². The zero-order valence-electron chi connectivity index (χ0n) is 4.17. The molecule has 0 fully saturated rings. The third-order valence-electron chi connectivity index (χ3n) is 0.582. The van der Waals surface area contributed by atoms with E-state index in [0.29, 0.717) is 0 Å². The lowest BCUT2D eigenvalue weighted by atomic mass is 10.3. The minimum absolute atomic E-state index is 0.778. The van der Waals surface area contributed by atoms with E-state index in [1.54, 1.807) is 6.08 Å². The highest BCUT2D eigenvalue weighted by atomic mass is 16.4. The molecule has 0 aromatic heterocycles. The molecule has 0 spiro atoms. The normalized spacial score (nSPS) is 9.71. The van der Waals surface area contributed by atoms with Crippen LogP contribution in [0.3, 0.4) is 0 Å². The van der Waals surface area contributed by atoms with Gasteiger partial charge in [0.2, 0.25) is 0 Å². The summed E-state index contributed by atoms with van der Waals surface area (Å²) in [6, 6.07) is 0. The van der Waals surface area contributed by atoms with Gasteiger partial charge in [-0.15, -0.1) is 11.7 Å². The van der Waals surface area contributed by atoms with E-state index < -0.39 is 0 Å². The van der Waals surface area contributed by atoms with Gasteiger partial charge >= 0.3 is 0 Å². The highest BCUT2D eigenvalue weighted by Crippen LogP contribution is 1.82. The summed E-state index contributed by atoms with van der Waals surface area (Å²) in [7, 11) is 0. The lowest BCUT2D eigenvalue weighted by Crippen LogP contribution is -1.69. The third kappa shape index (κ3) is 5.21. The summed E-state index contributed by atoms with van der Waals surface area (Å²) in [5.41, 5.74) is 0. The molecule has 0 aliphatic heterocycles. The number of oxime groups is 1. The summed E-state index contributed by atoms with van der Waals surface area (Å²) >= 11 is 0. The molecule has 0 heterocycles. The largest absolute Gasteiger partial charge is 0.411 e. The minimum Gasteiger partial charge on any atom is -0.411 e. The van der Waals surface area contributed by atoms with Crippen LogP contribution in [0.25, 0.3) is 0 Å².